The summed E-state index contributed by atoms with van der Waals surface area (Å²) in [5.74, 6) is 1.06. The Labute approximate surface area is 114 Å². The van der Waals surface area contributed by atoms with E-state index in [1.54, 1.807) is 6.92 Å². The highest BCUT2D eigenvalue weighted by molar-refractivity contribution is 5.78. The monoisotopic (exact) mass is 265 g/mol. The lowest BCUT2D eigenvalue weighted by Crippen LogP contribution is -2.34. The predicted octanol–water partition coefficient (Wildman–Crippen LogP) is 2.49. The maximum absolute atomic E-state index is 11.9. The Balaban J connectivity index is 2.74. The van der Waals surface area contributed by atoms with E-state index in [9.17, 15) is 4.79 Å². The fourth-order valence-corrected chi connectivity index (χ4v) is 1.56. The van der Waals surface area contributed by atoms with E-state index in [-0.39, 0.29) is 5.97 Å². The fourth-order valence-electron chi connectivity index (χ4n) is 1.56. The van der Waals surface area contributed by atoms with Gasteiger partial charge in [-0.15, -0.1) is 0 Å². The number of carbonyl (C=O) groups is 1. The van der Waals surface area contributed by atoms with Crippen molar-refractivity contribution in [1.29, 1.82) is 0 Å². The number of ether oxygens (including phenoxy) is 1. The van der Waals surface area contributed by atoms with Crippen molar-refractivity contribution in [3.8, 4) is 0 Å². The zero-order valence-corrected chi connectivity index (χ0v) is 12.6. The van der Waals surface area contributed by atoms with Gasteiger partial charge in [-0.1, -0.05) is 6.92 Å². The predicted molar refractivity (Wildman–Crippen MR) is 75.1 cm³/mol. The van der Waals surface area contributed by atoms with Crippen LogP contribution in [-0.4, -0.2) is 27.6 Å². The van der Waals surface area contributed by atoms with Crippen LogP contribution in [0.4, 0.5) is 5.82 Å². The van der Waals surface area contributed by atoms with E-state index >= 15 is 0 Å². The Hall–Kier alpha value is -1.65. The number of esters is 1. The quantitative estimate of drug-likeness (QED) is 0.847. The molecule has 0 radical (unpaired) electrons. The van der Waals surface area contributed by atoms with E-state index in [0.29, 0.717) is 11.6 Å². The van der Waals surface area contributed by atoms with Gasteiger partial charge in [-0.3, -0.25) is 0 Å². The highest BCUT2D eigenvalue weighted by atomic mass is 16.6. The Morgan fingerprint density at radius 2 is 2.05 bits per heavy atom. The molecule has 1 N–H and O–H groups in total. The van der Waals surface area contributed by atoms with Crippen LogP contribution in [0.5, 0.6) is 0 Å². The van der Waals surface area contributed by atoms with Crippen molar-refractivity contribution in [2.24, 2.45) is 0 Å². The van der Waals surface area contributed by atoms with Gasteiger partial charge in [0, 0.05) is 11.8 Å². The number of nitrogens with one attached hydrogen (secondary N) is 1. The molecular weight excluding hydrogens is 242 g/mol. The van der Waals surface area contributed by atoms with Crippen LogP contribution in [0.2, 0.25) is 0 Å². The normalized spacial score (nSPS) is 12.9. The first kappa shape index (κ1) is 15.4. The van der Waals surface area contributed by atoms with E-state index in [0.717, 1.165) is 12.1 Å². The van der Waals surface area contributed by atoms with Gasteiger partial charge >= 0.3 is 5.97 Å². The number of aromatic nitrogens is 2. The van der Waals surface area contributed by atoms with Crippen LogP contribution < -0.4 is 5.32 Å². The number of aryl methyl sites for hydroxylation is 2. The van der Waals surface area contributed by atoms with Crippen molar-refractivity contribution >= 4 is 11.8 Å². The minimum atomic E-state index is -0.483. The molecule has 0 unspecified atom stereocenters. The zero-order chi connectivity index (χ0) is 14.6. The molecule has 0 spiro atoms. The van der Waals surface area contributed by atoms with Crippen LogP contribution in [0.25, 0.3) is 0 Å². The topological polar surface area (TPSA) is 64.1 Å². The van der Waals surface area contributed by atoms with Crippen LogP contribution >= 0.6 is 0 Å². The molecule has 0 aliphatic carbocycles. The smallest absolute Gasteiger partial charge is 0.328 e. The maximum Gasteiger partial charge on any atom is 0.328 e. The molecule has 1 atom stereocenters. The molecule has 0 aromatic carbocycles. The van der Waals surface area contributed by atoms with E-state index in [1.807, 2.05) is 40.7 Å². The Kier molecular flexibility index (Phi) is 4.86. The number of hydrogen-bond acceptors (Lipinski definition) is 5. The number of nitrogens with zero attached hydrogens (tertiary/aromatic N) is 2. The number of hydrogen-bond donors (Lipinski definition) is 1. The second-order valence-electron chi connectivity index (χ2n) is 5.54. The summed E-state index contributed by atoms with van der Waals surface area (Å²) in [4.78, 5) is 20.4. The van der Waals surface area contributed by atoms with Crippen LogP contribution in [0.15, 0.2) is 6.07 Å². The molecule has 1 aromatic heterocycles. The summed E-state index contributed by atoms with van der Waals surface area (Å²) in [6, 6.07) is 1.41. The van der Waals surface area contributed by atoms with E-state index in [2.05, 4.69) is 15.3 Å². The minimum Gasteiger partial charge on any atom is -0.458 e. The maximum atomic E-state index is 11.9. The standard InChI is InChI=1S/C14H23N3O2/c1-7-11-8-12(17-10(3)16-11)15-9(2)13(18)19-14(4,5)6/h8-9H,7H2,1-6H3,(H,15,16,17)/t9-/m0/s1. The van der Waals surface area contributed by atoms with Crippen LogP contribution in [0.3, 0.4) is 0 Å². The van der Waals surface area contributed by atoms with Gasteiger partial charge in [0.05, 0.1) is 0 Å². The van der Waals surface area contributed by atoms with Crippen LogP contribution in [-0.2, 0) is 16.0 Å². The third kappa shape index (κ3) is 5.24. The van der Waals surface area contributed by atoms with Gasteiger partial charge in [0.25, 0.3) is 0 Å². The summed E-state index contributed by atoms with van der Waals surface area (Å²) < 4.78 is 5.31. The SMILES string of the molecule is CCc1cc(N[C@@H](C)C(=O)OC(C)(C)C)nc(C)n1. The fraction of sp³-hybridized carbons (Fsp3) is 0.643. The van der Waals surface area contributed by atoms with Gasteiger partial charge in [-0.05, 0) is 41.0 Å². The molecule has 0 aliphatic heterocycles. The van der Waals surface area contributed by atoms with Gasteiger partial charge in [-0.25, -0.2) is 14.8 Å². The summed E-state index contributed by atoms with van der Waals surface area (Å²) in [5, 5.41) is 3.05. The average molecular weight is 265 g/mol. The highest BCUT2D eigenvalue weighted by Crippen LogP contribution is 2.12. The lowest BCUT2D eigenvalue weighted by atomic mass is 10.2. The number of anilines is 1. The summed E-state index contributed by atoms with van der Waals surface area (Å²) in [6.45, 7) is 11.2. The van der Waals surface area contributed by atoms with Crippen molar-refractivity contribution in [2.75, 3.05) is 5.32 Å². The number of carbonyl (C=O) groups excluding carboxylic acids is 1. The van der Waals surface area contributed by atoms with E-state index in [1.165, 1.54) is 0 Å². The van der Waals surface area contributed by atoms with Gasteiger partial charge in [0.2, 0.25) is 0 Å². The molecule has 0 saturated heterocycles. The van der Waals surface area contributed by atoms with Crippen molar-refractivity contribution in [2.45, 2.75) is 59.6 Å². The molecule has 1 heterocycles. The first-order valence-electron chi connectivity index (χ1n) is 6.55. The van der Waals surface area contributed by atoms with Crippen LogP contribution in [0, 0.1) is 6.92 Å². The Morgan fingerprint density at radius 1 is 1.42 bits per heavy atom. The molecule has 0 bridgehead atoms. The van der Waals surface area contributed by atoms with Crippen LogP contribution in [0.1, 0.15) is 46.1 Å². The molecule has 0 aliphatic rings. The minimum absolute atomic E-state index is 0.290. The van der Waals surface area contributed by atoms with Crippen molar-refractivity contribution in [3.05, 3.63) is 17.6 Å². The Bertz CT molecular complexity index is 452. The average Bonchev–Trinajstić information content (AvgIpc) is 2.25. The second-order valence-corrected chi connectivity index (χ2v) is 5.54. The molecular formula is C14H23N3O2. The lowest BCUT2D eigenvalue weighted by molar-refractivity contribution is -0.155. The third-order valence-corrected chi connectivity index (χ3v) is 2.38. The first-order valence-corrected chi connectivity index (χ1v) is 6.55. The second kappa shape index (κ2) is 5.99. The van der Waals surface area contributed by atoms with E-state index < -0.39 is 11.6 Å². The molecule has 106 valence electrons. The molecule has 0 fully saturated rings. The molecule has 0 amide bonds. The van der Waals surface area contributed by atoms with Gasteiger partial charge in [-0.2, -0.15) is 0 Å². The van der Waals surface area contributed by atoms with Gasteiger partial charge < -0.3 is 10.1 Å². The first-order chi connectivity index (χ1) is 8.71. The molecule has 19 heavy (non-hydrogen) atoms. The van der Waals surface area contributed by atoms with Crippen molar-refractivity contribution in [3.63, 3.8) is 0 Å². The molecule has 5 nitrogen and oxygen atoms in total. The summed E-state index contributed by atoms with van der Waals surface area (Å²) >= 11 is 0. The Morgan fingerprint density at radius 3 is 2.58 bits per heavy atom. The zero-order valence-electron chi connectivity index (χ0n) is 12.6. The lowest BCUT2D eigenvalue weighted by Gasteiger charge is -2.23. The third-order valence-electron chi connectivity index (χ3n) is 2.38. The molecule has 1 rings (SSSR count). The number of rotatable bonds is 4. The molecule has 0 saturated carbocycles. The molecule has 5 heteroatoms. The molecule has 1 aromatic rings. The van der Waals surface area contributed by atoms with Gasteiger partial charge in [0.1, 0.15) is 23.3 Å². The van der Waals surface area contributed by atoms with Crippen molar-refractivity contribution in [1.82, 2.24) is 9.97 Å². The summed E-state index contributed by atoms with van der Waals surface area (Å²) in [6.07, 6.45) is 0.832. The largest absolute Gasteiger partial charge is 0.458 e. The summed E-state index contributed by atoms with van der Waals surface area (Å²) in [7, 11) is 0. The summed E-state index contributed by atoms with van der Waals surface area (Å²) in [5.41, 5.74) is 0.467. The van der Waals surface area contributed by atoms with Crippen molar-refractivity contribution < 1.29 is 9.53 Å². The highest BCUT2D eigenvalue weighted by Gasteiger charge is 2.21. The van der Waals surface area contributed by atoms with Gasteiger partial charge in [0.15, 0.2) is 0 Å². The van der Waals surface area contributed by atoms with E-state index in [4.69, 9.17) is 4.74 Å².